The largest absolute Gasteiger partial charge is 0.479 e. The highest BCUT2D eigenvalue weighted by atomic mass is 16.4. The molecular weight excluding hydrogens is 374 g/mol. The first kappa shape index (κ1) is 20.1. The van der Waals surface area contributed by atoms with Crippen LogP contribution in [0.4, 0.5) is 5.69 Å². The number of nitrogens with one attached hydrogen (secondary N) is 3. The summed E-state index contributed by atoms with van der Waals surface area (Å²) in [6, 6.07) is 4.94. The van der Waals surface area contributed by atoms with Gasteiger partial charge in [0.25, 0.3) is 11.8 Å². The number of hydrazine groups is 1. The fourth-order valence-corrected chi connectivity index (χ4v) is 3.03. The van der Waals surface area contributed by atoms with Crippen LogP contribution in [-0.2, 0) is 9.59 Å². The minimum atomic E-state index is -1.70. The number of hydrogen-bond donors (Lipinski definition) is 4. The molecule has 0 saturated heterocycles. The summed E-state index contributed by atoms with van der Waals surface area (Å²) in [5, 5.41) is 16.1. The molecule has 0 fully saturated rings. The molecule has 1 atom stereocenters. The molecule has 4 N–H and O–H groups in total. The van der Waals surface area contributed by atoms with Gasteiger partial charge in [-0.05, 0) is 43.9 Å². The quantitative estimate of drug-likeness (QED) is 0.519. The van der Waals surface area contributed by atoms with E-state index in [-0.39, 0.29) is 5.56 Å². The fraction of sp³-hybridized carbons (Fsp3) is 0.300. The van der Waals surface area contributed by atoms with Crippen molar-refractivity contribution in [2.45, 2.75) is 31.7 Å². The highest BCUT2D eigenvalue weighted by Crippen LogP contribution is 2.17. The zero-order valence-electron chi connectivity index (χ0n) is 15.8. The van der Waals surface area contributed by atoms with Gasteiger partial charge in [-0.2, -0.15) is 0 Å². The molecule has 1 aromatic carbocycles. The fourth-order valence-electron chi connectivity index (χ4n) is 3.03. The Balaban J connectivity index is 1.70. The highest BCUT2D eigenvalue weighted by Gasteiger charge is 2.30. The monoisotopic (exact) mass is 397 g/mol. The van der Waals surface area contributed by atoms with Crippen molar-refractivity contribution < 1.29 is 19.5 Å². The smallest absolute Gasteiger partial charge is 0.336 e. The third-order valence-corrected chi connectivity index (χ3v) is 4.49. The Bertz CT molecular complexity index is 877. The molecule has 152 valence electrons. The summed E-state index contributed by atoms with van der Waals surface area (Å²) in [4.78, 5) is 40.8. The molecule has 0 bridgehead atoms. The molecule has 3 rings (SSSR count). The summed E-state index contributed by atoms with van der Waals surface area (Å²) >= 11 is 0. The van der Waals surface area contributed by atoms with E-state index in [1.165, 1.54) is 0 Å². The lowest BCUT2D eigenvalue weighted by molar-refractivity contribution is -0.143. The standard InChI is InChI=1S/C20H23N5O4/c26-18(15-9-4-5-10-16(15)24-25-12-6-11-21-13-25)23-17(20(28)29)19(27)22-14-7-2-1-3-8-14/h4-7,9-11,13,17,24H,1-3,8,12H2,(H,22,27)(H,23,26)(H,28,29). The molecule has 1 unspecified atom stereocenters. The van der Waals surface area contributed by atoms with Gasteiger partial charge in [0, 0.05) is 11.9 Å². The van der Waals surface area contributed by atoms with Crippen molar-refractivity contribution in [3.05, 3.63) is 53.9 Å². The maximum Gasteiger partial charge on any atom is 0.336 e. The van der Waals surface area contributed by atoms with E-state index in [0.717, 1.165) is 19.3 Å². The van der Waals surface area contributed by atoms with Gasteiger partial charge in [0.05, 0.1) is 17.8 Å². The maximum atomic E-state index is 12.7. The van der Waals surface area contributed by atoms with E-state index in [0.29, 0.717) is 24.4 Å². The third kappa shape index (κ3) is 5.44. The molecule has 9 nitrogen and oxygen atoms in total. The SMILES string of the molecule is O=C(NC(C(=O)O)C(=O)NC1=CCCCC1)c1ccccc1NN1C=NC=CC1. The van der Waals surface area contributed by atoms with Gasteiger partial charge in [0.15, 0.2) is 0 Å². The number of carboxylic acid groups (broad SMARTS) is 1. The zero-order valence-corrected chi connectivity index (χ0v) is 15.8. The molecule has 29 heavy (non-hydrogen) atoms. The summed E-state index contributed by atoms with van der Waals surface area (Å²) in [5.74, 6) is -2.86. The van der Waals surface area contributed by atoms with Crippen LogP contribution in [0.15, 0.2) is 53.3 Å². The van der Waals surface area contributed by atoms with Crippen molar-refractivity contribution in [1.29, 1.82) is 0 Å². The van der Waals surface area contributed by atoms with E-state index in [9.17, 15) is 19.5 Å². The van der Waals surface area contributed by atoms with E-state index in [4.69, 9.17) is 0 Å². The van der Waals surface area contributed by atoms with Crippen molar-refractivity contribution in [1.82, 2.24) is 15.6 Å². The second-order valence-corrected chi connectivity index (χ2v) is 6.67. The van der Waals surface area contributed by atoms with E-state index in [1.54, 1.807) is 41.8 Å². The zero-order chi connectivity index (χ0) is 20.6. The van der Waals surface area contributed by atoms with Crippen molar-refractivity contribution in [2.24, 2.45) is 4.99 Å². The molecule has 2 aliphatic rings. The Hall–Kier alpha value is -3.62. The second kappa shape index (κ2) is 9.54. The van der Waals surface area contributed by atoms with Crippen molar-refractivity contribution in [2.75, 3.05) is 12.0 Å². The first-order chi connectivity index (χ1) is 14.0. The number of anilines is 1. The average Bonchev–Trinajstić information content (AvgIpc) is 2.73. The molecule has 0 spiro atoms. The van der Waals surface area contributed by atoms with Gasteiger partial charge < -0.3 is 15.7 Å². The van der Waals surface area contributed by atoms with Crippen LogP contribution in [0.25, 0.3) is 0 Å². The Morgan fingerprint density at radius 3 is 2.69 bits per heavy atom. The molecule has 1 aromatic rings. The molecule has 0 aromatic heterocycles. The maximum absolute atomic E-state index is 12.7. The summed E-state index contributed by atoms with van der Waals surface area (Å²) in [7, 11) is 0. The number of allylic oxidation sites excluding steroid dienone is 2. The van der Waals surface area contributed by atoms with E-state index >= 15 is 0 Å². The number of rotatable bonds is 7. The van der Waals surface area contributed by atoms with E-state index in [1.807, 2.05) is 12.2 Å². The number of carbonyl (C=O) groups excluding carboxylic acids is 2. The van der Waals surface area contributed by atoms with Crippen LogP contribution in [0.1, 0.15) is 36.0 Å². The van der Waals surface area contributed by atoms with Gasteiger partial charge in [-0.3, -0.25) is 20.0 Å². The Kier molecular flexibility index (Phi) is 6.62. The number of carboxylic acids is 1. The van der Waals surface area contributed by atoms with Gasteiger partial charge >= 0.3 is 5.97 Å². The van der Waals surface area contributed by atoms with Crippen LogP contribution < -0.4 is 16.1 Å². The van der Waals surface area contributed by atoms with Gasteiger partial charge in [0.1, 0.15) is 6.34 Å². The second-order valence-electron chi connectivity index (χ2n) is 6.67. The predicted octanol–water partition coefficient (Wildman–Crippen LogP) is 1.63. The van der Waals surface area contributed by atoms with E-state index in [2.05, 4.69) is 21.1 Å². The number of aliphatic carboxylic acids is 1. The van der Waals surface area contributed by atoms with Crippen LogP contribution in [0.3, 0.4) is 0 Å². The number of hydrogen-bond acceptors (Lipinski definition) is 6. The summed E-state index contributed by atoms with van der Waals surface area (Å²) < 4.78 is 0. The van der Waals surface area contributed by atoms with E-state index < -0.39 is 23.8 Å². The number of carbonyl (C=O) groups is 3. The molecule has 1 heterocycles. The number of para-hydroxylation sites is 1. The molecule has 1 aliphatic heterocycles. The lowest BCUT2D eigenvalue weighted by atomic mass is 10.0. The molecule has 2 amide bonds. The minimum absolute atomic E-state index is 0.214. The molecular formula is C20H23N5O4. The molecule has 1 aliphatic carbocycles. The Labute approximate surface area is 168 Å². The highest BCUT2D eigenvalue weighted by molar-refractivity contribution is 6.08. The minimum Gasteiger partial charge on any atom is -0.479 e. The van der Waals surface area contributed by atoms with Crippen LogP contribution in [0.2, 0.25) is 0 Å². The summed E-state index contributed by atoms with van der Waals surface area (Å²) in [6.07, 6.45) is 10.5. The van der Waals surface area contributed by atoms with Gasteiger partial charge in [-0.25, -0.2) is 9.79 Å². The topological polar surface area (TPSA) is 123 Å². The molecule has 9 heteroatoms. The first-order valence-corrected chi connectivity index (χ1v) is 9.39. The Morgan fingerprint density at radius 1 is 1.17 bits per heavy atom. The number of amides is 2. The van der Waals surface area contributed by atoms with Crippen LogP contribution in [-0.4, -0.2) is 46.8 Å². The lowest BCUT2D eigenvalue weighted by Gasteiger charge is -2.23. The van der Waals surface area contributed by atoms with Crippen LogP contribution in [0, 0.1) is 0 Å². The lowest BCUT2D eigenvalue weighted by Crippen LogP contribution is -2.51. The number of benzene rings is 1. The molecule has 0 radical (unpaired) electrons. The molecule has 0 saturated carbocycles. The van der Waals surface area contributed by atoms with Crippen LogP contribution in [0.5, 0.6) is 0 Å². The van der Waals surface area contributed by atoms with Gasteiger partial charge in [0.2, 0.25) is 6.04 Å². The predicted molar refractivity (Wildman–Crippen MR) is 108 cm³/mol. The first-order valence-electron chi connectivity index (χ1n) is 9.39. The van der Waals surface area contributed by atoms with Gasteiger partial charge in [-0.1, -0.05) is 18.2 Å². The van der Waals surface area contributed by atoms with Crippen molar-refractivity contribution in [3.63, 3.8) is 0 Å². The summed E-state index contributed by atoms with van der Waals surface area (Å²) in [6.45, 7) is 0.550. The van der Waals surface area contributed by atoms with Crippen molar-refractivity contribution >= 4 is 29.8 Å². The number of aliphatic imine (C=N–C) groups is 1. The third-order valence-electron chi connectivity index (χ3n) is 4.49. The normalized spacial score (nSPS) is 16.6. The average molecular weight is 397 g/mol. The summed E-state index contributed by atoms with van der Waals surface area (Å²) in [5.41, 5.74) is 4.42. The Morgan fingerprint density at radius 2 is 2.00 bits per heavy atom. The van der Waals surface area contributed by atoms with Crippen LogP contribution >= 0.6 is 0 Å². The number of nitrogens with zero attached hydrogens (tertiary/aromatic N) is 2. The van der Waals surface area contributed by atoms with Crippen molar-refractivity contribution in [3.8, 4) is 0 Å². The van der Waals surface area contributed by atoms with Gasteiger partial charge in [-0.15, -0.1) is 0 Å².